The fourth-order valence-corrected chi connectivity index (χ4v) is 18.8. The number of nitrogens with zero attached hydrogens (tertiary/aromatic N) is 11. The highest BCUT2D eigenvalue weighted by Gasteiger charge is 2.39. The number of hydrogen-bond acceptors (Lipinski definition) is 21. The number of ether oxygens (including phenoxy) is 7. The first-order valence-electron chi connectivity index (χ1n) is 36.4. The summed E-state index contributed by atoms with van der Waals surface area (Å²) in [5.74, 6) is 3.05. The predicted octanol–water partition coefficient (Wildman–Crippen LogP) is 14.8. The summed E-state index contributed by atoms with van der Waals surface area (Å²) in [5.41, 5.74) is 16.6. The van der Waals surface area contributed by atoms with E-state index in [1.165, 1.54) is 55.6 Å². The number of carbonyl (C=O) groups is 4. The Hall–Kier alpha value is -10.5. The highest BCUT2D eigenvalue weighted by atomic mass is 79.9. The number of aromatic hydroxyl groups is 1. The van der Waals surface area contributed by atoms with Crippen molar-refractivity contribution in [1.82, 2.24) is 34.1 Å². The topological polar surface area (TPSA) is 237 Å². The van der Waals surface area contributed by atoms with Crippen LogP contribution >= 0.6 is 65.9 Å². The smallest absolute Gasteiger partial charge is 0.257 e. The van der Waals surface area contributed by atoms with E-state index in [-0.39, 0.29) is 72.8 Å². The summed E-state index contributed by atoms with van der Waals surface area (Å²) in [4.78, 5) is 90.7. The second-order valence-corrected chi connectivity index (χ2v) is 32.7. The molecule has 0 fully saturated rings. The number of halogens is 2. The Morgan fingerprint density at radius 3 is 1.38 bits per heavy atom. The number of rotatable bonds is 17. The van der Waals surface area contributed by atoms with Crippen LogP contribution in [0, 0.1) is 0 Å². The molecule has 0 spiro atoms. The maximum absolute atomic E-state index is 13.9. The zero-order chi connectivity index (χ0) is 77.6. The molecule has 6 aromatic carbocycles. The summed E-state index contributed by atoms with van der Waals surface area (Å²) in [6.45, 7) is 3.73. The number of amides is 4. The van der Waals surface area contributed by atoms with E-state index in [1.807, 2.05) is 63.7 Å². The molecule has 112 heavy (non-hydrogen) atoms. The minimum Gasteiger partial charge on any atom is -0.504 e. The van der Waals surface area contributed by atoms with Gasteiger partial charge in [0.2, 0.25) is 0 Å². The van der Waals surface area contributed by atoms with Crippen LogP contribution in [0.5, 0.6) is 46.0 Å². The van der Waals surface area contributed by atoms with E-state index < -0.39 is 0 Å². The molecule has 574 valence electrons. The quantitative estimate of drug-likeness (QED) is 0.0835. The minimum atomic E-state index is -0.244. The number of phenolic OH excluding ortho intramolecular Hbond substituents is 1. The lowest BCUT2D eigenvalue weighted by Crippen LogP contribution is -2.44. The van der Waals surface area contributed by atoms with Gasteiger partial charge in [0.15, 0.2) is 46.0 Å². The van der Waals surface area contributed by atoms with E-state index in [0.717, 1.165) is 62.7 Å². The van der Waals surface area contributed by atoms with E-state index >= 15 is 0 Å². The van der Waals surface area contributed by atoms with Gasteiger partial charge in [0.25, 0.3) is 23.6 Å². The number of alkyl halides is 2. The highest BCUT2D eigenvalue weighted by molar-refractivity contribution is 9.08. The monoisotopic (exact) mass is 1690 g/mol. The van der Waals surface area contributed by atoms with Crippen LogP contribution in [0.3, 0.4) is 0 Å². The standard InChI is InChI=1S/C43H43N7O6S.C25H22Br2N2O3S.C16H14N2O3S/c1-47(2)19-25-8-26(22-55-38-11-29-17-45-41-16-40-28(6-7-57-40)20-50(41)42(51)31(29)13-36(38)53-4)10-27(9-25)23-56-39-15-33-32(14-37(39)54-5)43(52)49-21-34-35(48(3)24-46-34)12-30(49)18-44-33;1-31-21-8-20-19(7-22(21)32-14-17-5-15(10-26)4-16(6-17)11-27)12-28-24-9-23-18(2-3-33-23)13-29(24)25(20)30;1-21-14-5-11-12(6-13(14)19)17-7-10-4-15-9(2-3-22-15)8-18(10)16(11)20/h6-11,13-15,17-18,24,30,41H,12,16,19-23H2,1-5H3;2-8,12,24H,9-11,13-14H2,1H3;2-3,5-7,10,19H,4,8H2,1H3/t30-,41-;24-;10-/m000/s1. The molecule has 4 aromatic heterocycles. The number of imidazole rings is 1. The van der Waals surface area contributed by atoms with Gasteiger partial charge in [-0.05, 0) is 141 Å². The van der Waals surface area contributed by atoms with Crippen molar-refractivity contribution >= 4 is 126 Å². The molecule has 18 rings (SSSR count). The van der Waals surface area contributed by atoms with Crippen molar-refractivity contribution in [3.05, 3.63) is 235 Å². The van der Waals surface area contributed by atoms with Crippen LogP contribution in [-0.2, 0) is 95.9 Å². The van der Waals surface area contributed by atoms with Crippen LogP contribution in [0.2, 0.25) is 0 Å². The number of thiophene rings is 3. The summed E-state index contributed by atoms with van der Waals surface area (Å²) in [6, 6.07) is 32.5. The van der Waals surface area contributed by atoms with Crippen LogP contribution in [-0.4, -0.2) is 155 Å². The molecule has 0 saturated carbocycles. The average molecular weight is 1690 g/mol. The first-order chi connectivity index (χ1) is 54.4. The summed E-state index contributed by atoms with van der Waals surface area (Å²) < 4.78 is 43.3. The molecule has 0 radical (unpaired) electrons. The molecular weight excluding hydrogens is 1610 g/mol. The van der Waals surface area contributed by atoms with Gasteiger partial charge in [-0.3, -0.25) is 39.1 Å². The summed E-state index contributed by atoms with van der Waals surface area (Å²) in [7, 11) is 12.2. The number of methoxy groups -OCH3 is 4. The minimum absolute atomic E-state index is 0.00909. The molecule has 23 nitrogen and oxygen atoms in total. The summed E-state index contributed by atoms with van der Waals surface area (Å²) >= 11 is 12.2. The Balaban J connectivity index is 0.000000144. The van der Waals surface area contributed by atoms with E-state index in [0.29, 0.717) is 126 Å². The van der Waals surface area contributed by atoms with E-state index in [2.05, 4.69) is 117 Å². The molecule has 0 bridgehead atoms. The average Bonchev–Trinajstić information content (AvgIpc) is 1.62. The normalized spacial score (nSPS) is 17.8. The largest absolute Gasteiger partial charge is 0.504 e. The number of aliphatic imine (C=N–C) groups is 4. The molecule has 8 aliphatic rings. The van der Waals surface area contributed by atoms with Gasteiger partial charge in [-0.1, -0.05) is 62.2 Å². The number of fused-ring (bicyclic) bond motifs is 12. The maximum Gasteiger partial charge on any atom is 0.257 e. The first-order valence-corrected chi connectivity index (χ1v) is 41.3. The van der Waals surface area contributed by atoms with Crippen molar-refractivity contribution in [2.24, 2.45) is 27.0 Å². The molecule has 8 aliphatic heterocycles. The van der Waals surface area contributed by atoms with Crippen LogP contribution in [0.4, 0.5) is 11.4 Å². The van der Waals surface area contributed by atoms with Gasteiger partial charge in [-0.15, -0.1) is 34.0 Å². The van der Waals surface area contributed by atoms with Crippen molar-refractivity contribution in [3.63, 3.8) is 0 Å². The van der Waals surface area contributed by atoms with Crippen LogP contribution in [0.1, 0.15) is 129 Å². The second-order valence-electron chi connectivity index (χ2n) is 28.5. The third-order valence-electron chi connectivity index (χ3n) is 21.0. The first kappa shape index (κ1) is 75.5. The van der Waals surface area contributed by atoms with Crippen LogP contribution in [0.15, 0.2) is 146 Å². The van der Waals surface area contributed by atoms with Gasteiger partial charge in [0, 0.05) is 138 Å². The van der Waals surface area contributed by atoms with Crippen molar-refractivity contribution in [2.45, 2.75) is 113 Å². The second kappa shape index (κ2) is 32.3. The third kappa shape index (κ3) is 15.3. The zero-order valence-electron chi connectivity index (χ0n) is 62.5. The lowest BCUT2D eigenvalue weighted by Gasteiger charge is -2.32. The Bertz CT molecular complexity index is 5470. The molecule has 4 amide bonds. The van der Waals surface area contributed by atoms with Gasteiger partial charge >= 0.3 is 0 Å². The number of hydrogen-bond donors (Lipinski definition) is 1. The molecule has 10 aromatic rings. The molecule has 0 aliphatic carbocycles. The molecule has 0 unspecified atom stereocenters. The van der Waals surface area contributed by atoms with E-state index in [9.17, 15) is 24.3 Å². The van der Waals surface area contributed by atoms with Gasteiger partial charge in [-0.2, -0.15) is 0 Å². The van der Waals surface area contributed by atoms with Crippen molar-refractivity contribution in [2.75, 3.05) is 42.5 Å². The summed E-state index contributed by atoms with van der Waals surface area (Å²) in [6.07, 6.45) is 11.5. The van der Waals surface area contributed by atoms with Crippen molar-refractivity contribution < 1.29 is 57.4 Å². The number of aromatic nitrogens is 2. The molecule has 1 N–H and O–H groups in total. The van der Waals surface area contributed by atoms with E-state index in [4.69, 9.17) is 48.1 Å². The van der Waals surface area contributed by atoms with E-state index in [1.54, 1.807) is 111 Å². The van der Waals surface area contributed by atoms with Crippen LogP contribution < -0.4 is 33.2 Å². The maximum atomic E-state index is 13.9. The molecule has 12 heterocycles. The fourth-order valence-electron chi connectivity index (χ4n) is 15.4. The fraction of sp³-hybridized carbons (Fsp3) is 0.298. The Morgan fingerprint density at radius 2 is 0.884 bits per heavy atom. The van der Waals surface area contributed by atoms with Gasteiger partial charge in [-0.25, -0.2) is 4.98 Å². The number of phenols is 1. The number of benzene rings is 6. The molecular formula is C84H79Br2N11O12S3. The Labute approximate surface area is 676 Å². The highest BCUT2D eigenvalue weighted by Crippen LogP contribution is 2.44. The van der Waals surface area contributed by atoms with Crippen LogP contribution in [0.25, 0.3) is 0 Å². The lowest BCUT2D eigenvalue weighted by atomic mass is 10.0. The molecule has 4 atom stereocenters. The van der Waals surface area contributed by atoms with Crippen molar-refractivity contribution in [1.29, 1.82) is 0 Å². The summed E-state index contributed by atoms with van der Waals surface area (Å²) in [5, 5.41) is 17.7. The zero-order valence-corrected chi connectivity index (χ0v) is 68.1. The van der Waals surface area contributed by atoms with Gasteiger partial charge in [0.05, 0.1) is 92.7 Å². The van der Waals surface area contributed by atoms with Gasteiger partial charge in [0.1, 0.15) is 32.2 Å². The Kier molecular flexibility index (Phi) is 21.8. The van der Waals surface area contributed by atoms with Gasteiger partial charge < -0.3 is 67.3 Å². The molecule has 28 heteroatoms. The number of aryl methyl sites for hydroxylation is 1. The third-order valence-corrected chi connectivity index (χ3v) is 25.3. The lowest BCUT2D eigenvalue weighted by molar-refractivity contribution is 0.0647. The molecule has 0 saturated heterocycles. The van der Waals surface area contributed by atoms with Crippen molar-refractivity contribution in [3.8, 4) is 46.0 Å². The SMILES string of the molecule is COc1cc2c(cc1O)N=C[C@@H]1Cc3sccc3CN1C2=O.COc1cc2c(cc1OCc1cc(CBr)cc(CBr)c1)C=N[C@@H]1Cc3sccc3CN1C2=O.COc1cc2c(cc1OCc1cc(COc3cc4c(cc3OC)C(=O)N3Cc5ncn(C)c5C[C@H]3C=N4)cc(CN(C)C)c1)C=N[C@@H]1Cc3sccc3CN1C2=O. The number of carbonyl (C=O) groups excluding carboxylic acids is 4. The predicted molar refractivity (Wildman–Crippen MR) is 439 cm³/mol. The Morgan fingerprint density at radius 1 is 0.473 bits per heavy atom.